The van der Waals surface area contributed by atoms with Gasteiger partial charge in [0.1, 0.15) is 15.5 Å². The molecule has 4 N–H and O–H groups in total. The van der Waals surface area contributed by atoms with Crippen molar-refractivity contribution < 1.29 is 14.6 Å². The number of benzene rings is 1. The van der Waals surface area contributed by atoms with E-state index in [1.165, 1.54) is 11.3 Å². The third kappa shape index (κ3) is 4.13. The molecular weight excluding hydrogens is 476 g/mol. The number of pyridine rings is 2. The number of nitrogens with zero attached hydrogens (tertiary/aromatic N) is 3. The maximum absolute atomic E-state index is 13.2. The highest BCUT2D eigenvalue weighted by molar-refractivity contribution is 7.21. The number of aliphatic hydroxyl groups excluding tert-OH is 1. The van der Waals surface area contributed by atoms with Crippen LogP contribution in [0, 0.1) is 6.92 Å². The average molecular weight is 503 g/mol. The van der Waals surface area contributed by atoms with Crippen LogP contribution in [0.25, 0.3) is 10.2 Å². The molecule has 2 aliphatic heterocycles. The van der Waals surface area contributed by atoms with Gasteiger partial charge in [0.25, 0.3) is 5.91 Å². The van der Waals surface area contributed by atoms with Gasteiger partial charge in [0.2, 0.25) is 12.2 Å². The van der Waals surface area contributed by atoms with Crippen LogP contribution in [-0.4, -0.2) is 46.5 Å². The molecule has 4 aromatic rings. The summed E-state index contributed by atoms with van der Waals surface area (Å²) < 4.78 is 5.87. The van der Waals surface area contributed by atoms with Gasteiger partial charge in [0, 0.05) is 24.8 Å². The molecule has 1 saturated heterocycles. The van der Waals surface area contributed by atoms with E-state index in [1.54, 1.807) is 17.2 Å². The Hall–Kier alpha value is -3.73. The van der Waals surface area contributed by atoms with E-state index in [2.05, 4.69) is 25.9 Å². The monoisotopic (exact) mass is 502 g/mol. The van der Waals surface area contributed by atoms with E-state index in [0.717, 1.165) is 47.5 Å². The Morgan fingerprint density at radius 3 is 2.83 bits per heavy atom. The number of amides is 1. The smallest absolute Gasteiger partial charge is 0.263 e. The van der Waals surface area contributed by atoms with E-state index in [4.69, 9.17) is 4.74 Å². The van der Waals surface area contributed by atoms with Crippen molar-refractivity contribution in [2.75, 3.05) is 23.3 Å². The predicted molar refractivity (Wildman–Crippen MR) is 140 cm³/mol. The number of carbonyl (C=O) groups is 1. The Labute approximate surface area is 212 Å². The van der Waals surface area contributed by atoms with Gasteiger partial charge < -0.3 is 25.8 Å². The summed E-state index contributed by atoms with van der Waals surface area (Å²) in [6.07, 6.45) is 2.58. The molecule has 3 aromatic heterocycles. The maximum Gasteiger partial charge on any atom is 0.263 e. The van der Waals surface area contributed by atoms with Crippen LogP contribution in [0.2, 0.25) is 0 Å². The molecule has 10 heteroatoms. The lowest BCUT2D eigenvalue weighted by molar-refractivity contribution is 0.0935. The topological polar surface area (TPSA) is 112 Å². The molecule has 184 valence electrons. The van der Waals surface area contributed by atoms with Gasteiger partial charge in [-0.15, -0.1) is 11.3 Å². The first-order valence-corrected chi connectivity index (χ1v) is 12.8. The van der Waals surface area contributed by atoms with Crippen LogP contribution in [0.1, 0.15) is 28.2 Å². The van der Waals surface area contributed by atoms with Crippen molar-refractivity contribution in [1.29, 1.82) is 0 Å². The van der Waals surface area contributed by atoms with Gasteiger partial charge >= 0.3 is 0 Å². The molecule has 36 heavy (non-hydrogen) atoms. The normalized spacial score (nSPS) is 19.1. The second-order valence-electron chi connectivity index (χ2n) is 8.89. The lowest BCUT2D eigenvalue weighted by atomic mass is 10.1. The Morgan fingerprint density at radius 2 is 2.06 bits per heavy atom. The van der Waals surface area contributed by atoms with Crippen molar-refractivity contribution in [1.82, 2.24) is 20.6 Å². The summed E-state index contributed by atoms with van der Waals surface area (Å²) in [7, 11) is 0. The van der Waals surface area contributed by atoms with Crippen molar-refractivity contribution in [3.8, 4) is 11.6 Å². The standard InChI is InChI=1S/C26H26N6O3S/c1-15-18(9-10-20(29-15)35-17-7-3-2-4-8-17)32-19-11-13-28-25-21(19)22(31-26(32)34)23(36-25)24(33)30-16-6-5-12-27-14-16/h2-4,7-11,13,16,26-27,31,34H,5-6,12,14H2,1H3,(H,30,33)/t16-,26?/m1/s1. The number of hydrogen-bond donors (Lipinski definition) is 4. The summed E-state index contributed by atoms with van der Waals surface area (Å²) in [5.41, 5.74) is 2.78. The van der Waals surface area contributed by atoms with E-state index in [-0.39, 0.29) is 11.9 Å². The van der Waals surface area contributed by atoms with Gasteiger partial charge in [-0.3, -0.25) is 9.69 Å². The number of hydrogen-bond acceptors (Lipinski definition) is 9. The zero-order chi connectivity index (χ0) is 24.6. The fraction of sp³-hybridized carbons (Fsp3) is 0.269. The van der Waals surface area contributed by atoms with Gasteiger partial charge in [-0.05, 0) is 50.6 Å². The van der Waals surface area contributed by atoms with Crippen LogP contribution < -0.4 is 25.6 Å². The van der Waals surface area contributed by atoms with Gasteiger partial charge in [-0.1, -0.05) is 18.2 Å². The minimum absolute atomic E-state index is 0.0893. The van der Waals surface area contributed by atoms with Crippen LogP contribution in [0.4, 0.5) is 17.1 Å². The van der Waals surface area contributed by atoms with Crippen LogP contribution in [0.5, 0.6) is 11.6 Å². The minimum atomic E-state index is -1.10. The number of carbonyl (C=O) groups excluding carboxylic acids is 1. The summed E-state index contributed by atoms with van der Waals surface area (Å²) in [5, 5.41) is 21.6. The Balaban J connectivity index is 1.34. The molecule has 0 radical (unpaired) electrons. The summed E-state index contributed by atoms with van der Waals surface area (Å²) in [4.78, 5) is 25.3. The van der Waals surface area contributed by atoms with E-state index < -0.39 is 6.35 Å². The van der Waals surface area contributed by atoms with Crippen molar-refractivity contribution in [3.63, 3.8) is 0 Å². The van der Waals surface area contributed by atoms with Crippen LogP contribution >= 0.6 is 11.3 Å². The molecule has 1 amide bonds. The molecule has 5 heterocycles. The Bertz CT molecular complexity index is 1420. The number of aromatic nitrogens is 2. The predicted octanol–water partition coefficient (Wildman–Crippen LogP) is 4.11. The van der Waals surface area contributed by atoms with Crippen molar-refractivity contribution >= 4 is 44.5 Å². The van der Waals surface area contributed by atoms with E-state index in [1.807, 2.05) is 49.4 Å². The zero-order valence-corrected chi connectivity index (χ0v) is 20.5. The van der Waals surface area contributed by atoms with Gasteiger partial charge in [-0.2, -0.15) is 0 Å². The molecule has 1 unspecified atom stereocenters. The number of anilines is 3. The summed E-state index contributed by atoms with van der Waals surface area (Å²) in [6.45, 7) is 3.61. The van der Waals surface area contributed by atoms with Gasteiger partial charge in [0.15, 0.2) is 0 Å². The molecule has 0 spiro atoms. The molecule has 6 rings (SSSR count). The largest absolute Gasteiger partial charge is 0.439 e. The second kappa shape index (κ2) is 9.38. The molecule has 2 aliphatic rings. The maximum atomic E-state index is 13.2. The number of aryl methyl sites for hydroxylation is 1. The molecule has 2 atom stereocenters. The van der Waals surface area contributed by atoms with Crippen LogP contribution in [0.15, 0.2) is 54.7 Å². The number of piperidine rings is 1. The van der Waals surface area contributed by atoms with Crippen molar-refractivity contribution in [3.05, 3.63) is 65.3 Å². The van der Waals surface area contributed by atoms with E-state index >= 15 is 0 Å². The highest BCUT2D eigenvalue weighted by Crippen LogP contribution is 2.47. The van der Waals surface area contributed by atoms with Crippen LogP contribution in [-0.2, 0) is 0 Å². The van der Waals surface area contributed by atoms with Crippen molar-refractivity contribution in [2.45, 2.75) is 32.2 Å². The molecule has 1 fully saturated rings. The first kappa shape index (κ1) is 22.7. The van der Waals surface area contributed by atoms with Crippen molar-refractivity contribution in [2.24, 2.45) is 0 Å². The Kier molecular flexibility index (Phi) is 5.92. The number of para-hydroxylation sites is 1. The third-order valence-corrected chi connectivity index (χ3v) is 7.54. The lowest BCUT2D eigenvalue weighted by Crippen LogP contribution is -2.46. The first-order valence-electron chi connectivity index (χ1n) is 12.0. The summed E-state index contributed by atoms with van der Waals surface area (Å²) in [6, 6.07) is 15.1. The molecule has 0 saturated carbocycles. The van der Waals surface area contributed by atoms with Gasteiger partial charge in [-0.25, -0.2) is 9.97 Å². The number of thiophene rings is 1. The molecular formula is C26H26N6O3S. The summed E-state index contributed by atoms with van der Waals surface area (Å²) >= 11 is 1.33. The fourth-order valence-corrected chi connectivity index (χ4v) is 5.80. The average Bonchev–Trinajstić information content (AvgIpc) is 3.26. The molecule has 9 nitrogen and oxygen atoms in total. The first-order chi connectivity index (χ1) is 17.6. The highest BCUT2D eigenvalue weighted by atomic mass is 32.1. The molecule has 0 bridgehead atoms. The number of aliphatic hydroxyl groups is 1. The SMILES string of the molecule is Cc1nc(Oc2ccccc2)ccc1N1c2ccnc3sc(C(=O)N[C@@H]4CCCNC4)c(c23)NC1O. The zero-order valence-electron chi connectivity index (χ0n) is 19.7. The molecule has 1 aromatic carbocycles. The van der Waals surface area contributed by atoms with Gasteiger partial charge in [0.05, 0.1) is 28.1 Å². The minimum Gasteiger partial charge on any atom is -0.439 e. The quantitative estimate of drug-likeness (QED) is 0.323. The molecule has 0 aliphatic carbocycles. The third-order valence-electron chi connectivity index (χ3n) is 6.44. The van der Waals surface area contributed by atoms with E-state index in [0.29, 0.717) is 27.9 Å². The Morgan fingerprint density at radius 1 is 1.19 bits per heavy atom. The fourth-order valence-electron chi connectivity index (χ4n) is 4.77. The number of nitrogens with one attached hydrogen (secondary N) is 3. The summed E-state index contributed by atoms with van der Waals surface area (Å²) in [5.74, 6) is 1.01. The highest BCUT2D eigenvalue weighted by Gasteiger charge is 2.34. The van der Waals surface area contributed by atoms with E-state index in [9.17, 15) is 9.90 Å². The van der Waals surface area contributed by atoms with Crippen LogP contribution in [0.3, 0.4) is 0 Å². The second-order valence-corrected chi connectivity index (χ2v) is 9.89. The number of ether oxygens (including phenoxy) is 1. The lowest BCUT2D eigenvalue weighted by Gasteiger charge is -2.36. The number of rotatable bonds is 5.